The van der Waals surface area contributed by atoms with E-state index in [-0.39, 0.29) is 10.5 Å². The number of sulfone groups is 1. The molecule has 0 unspecified atom stereocenters. The molecule has 0 bridgehead atoms. The number of anilines is 2. The molecule has 2 aliphatic heterocycles. The number of aromatic nitrogens is 2. The van der Waals surface area contributed by atoms with Crippen molar-refractivity contribution >= 4 is 21.6 Å². The zero-order valence-corrected chi connectivity index (χ0v) is 22.4. The van der Waals surface area contributed by atoms with E-state index in [0.717, 1.165) is 37.6 Å². The predicted octanol–water partition coefficient (Wildman–Crippen LogP) is 4.89. The molecule has 2 aromatic carbocycles. The molecule has 1 aromatic heterocycles. The molecule has 10 heteroatoms. The number of rotatable bonds is 7. The van der Waals surface area contributed by atoms with Crippen molar-refractivity contribution in [1.29, 1.82) is 0 Å². The second-order valence-electron chi connectivity index (χ2n) is 10.1. The van der Waals surface area contributed by atoms with Crippen LogP contribution in [0.15, 0.2) is 53.6 Å². The van der Waals surface area contributed by atoms with Crippen LogP contribution in [0.2, 0.25) is 0 Å². The van der Waals surface area contributed by atoms with E-state index in [4.69, 9.17) is 4.98 Å². The van der Waals surface area contributed by atoms with Crippen molar-refractivity contribution in [3.63, 3.8) is 0 Å². The van der Waals surface area contributed by atoms with Gasteiger partial charge < -0.3 is 15.1 Å². The standard InChI is InChI=1S/C28H33F2N5O2S/c1-38(36,37)23-8-5-20(6-9-23)18-31-27-25(24-10-7-21(29)17-26(24)30)19-32-28(33-27)35-15-11-22(12-16-35)34-13-3-2-4-14-34/h5-10,17,19,22H,2-4,11-16,18H2,1H3,(H,31,32,33). The van der Waals surface area contributed by atoms with Crippen LogP contribution >= 0.6 is 0 Å². The Balaban J connectivity index is 1.37. The Morgan fingerprint density at radius 2 is 1.66 bits per heavy atom. The van der Waals surface area contributed by atoms with Crippen LogP contribution in [-0.2, 0) is 16.4 Å². The van der Waals surface area contributed by atoms with E-state index in [0.29, 0.717) is 29.9 Å². The molecular weight excluding hydrogens is 508 g/mol. The molecule has 5 rings (SSSR count). The second-order valence-corrected chi connectivity index (χ2v) is 12.2. The largest absolute Gasteiger partial charge is 0.365 e. The van der Waals surface area contributed by atoms with Gasteiger partial charge in [-0.05, 0) is 68.6 Å². The highest BCUT2D eigenvalue weighted by Gasteiger charge is 2.27. The lowest BCUT2D eigenvalue weighted by atomic mass is 10.00. The van der Waals surface area contributed by atoms with Crippen molar-refractivity contribution < 1.29 is 17.2 Å². The van der Waals surface area contributed by atoms with Crippen LogP contribution in [0, 0.1) is 11.6 Å². The normalized spacial score (nSPS) is 17.5. The van der Waals surface area contributed by atoms with Crippen LogP contribution in [0.3, 0.4) is 0 Å². The van der Waals surface area contributed by atoms with Crippen LogP contribution in [0.25, 0.3) is 11.1 Å². The molecule has 0 radical (unpaired) electrons. The van der Waals surface area contributed by atoms with Gasteiger partial charge in [0.1, 0.15) is 17.5 Å². The first kappa shape index (κ1) is 26.5. The van der Waals surface area contributed by atoms with Gasteiger partial charge in [-0.3, -0.25) is 0 Å². The lowest BCUT2D eigenvalue weighted by molar-refractivity contribution is 0.141. The van der Waals surface area contributed by atoms with Crippen LogP contribution in [0.1, 0.15) is 37.7 Å². The molecule has 2 aliphatic rings. The van der Waals surface area contributed by atoms with Gasteiger partial charge in [0.05, 0.1) is 4.90 Å². The van der Waals surface area contributed by atoms with E-state index in [1.807, 2.05) is 0 Å². The Hall–Kier alpha value is -3.11. The minimum absolute atomic E-state index is 0.205. The van der Waals surface area contributed by atoms with Gasteiger partial charge in [0, 0.05) is 55.3 Å². The maximum absolute atomic E-state index is 14.7. The maximum atomic E-state index is 14.7. The summed E-state index contributed by atoms with van der Waals surface area (Å²) in [5.41, 5.74) is 1.48. The number of hydrogen-bond acceptors (Lipinski definition) is 7. The smallest absolute Gasteiger partial charge is 0.227 e. The third kappa shape index (κ3) is 6.13. The van der Waals surface area contributed by atoms with Crippen molar-refractivity contribution in [3.05, 3.63) is 65.9 Å². The maximum Gasteiger partial charge on any atom is 0.227 e. The highest BCUT2D eigenvalue weighted by atomic mass is 32.2. The predicted molar refractivity (Wildman–Crippen MR) is 145 cm³/mol. The average Bonchev–Trinajstić information content (AvgIpc) is 2.92. The molecule has 0 aliphatic carbocycles. The molecule has 0 amide bonds. The summed E-state index contributed by atoms with van der Waals surface area (Å²) in [6, 6.07) is 10.6. The number of benzene rings is 2. The minimum atomic E-state index is -3.29. The Morgan fingerprint density at radius 1 is 0.947 bits per heavy atom. The summed E-state index contributed by atoms with van der Waals surface area (Å²) in [6.07, 6.45) is 8.72. The van der Waals surface area contributed by atoms with Crippen LogP contribution in [-0.4, -0.2) is 61.8 Å². The molecule has 38 heavy (non-hydrogen) atoms. The molecule has 2 fully saturated rings. The summed E-state index contributed by atoms with van der Waals surface area (Å²) < 4.78 is 51.9. The molecule has 3 aromatic rings. The van der Waals surface area contributed by atoms with Crippen molar-refractivity contribution in [3.8, 4) is 11.1 Å². The summed E-state index contributed by atoms with van der Waals surface area (Å²) >= 11 is 0. The van der Waals surface area contributed by atoms with Gasteiger partial charge in [0.15, 0.2) is 9.84 Å². The quantitative estimate of drug-likeness (QED) is 0.456. The lowest BCUT2D eigenvalue weighted by Gasteiger charge is -2.40. The summed E-state index contributed by atoms with van der Waals surface area (Å²) in [5, 5.41) is 3.27. The molecular formula is C28H33F2N5O2S. The van der Waals surface area contributed by atoms with Crippen LogP contribution < -0.4 is 10.2 Å². The molecule has 1 N–H and O–H groups in total. The first-order valence-electron chi connectivity index (χ1n) is 13.1. The molecule has 202 valence electrons. The van der Waals surface area contributed by atoms with Crippen molar-refractivity contribution in [2.45, 2.75) is 49.6 Å². The third-order valence-corrected chi connectivity index (χ3v) is 8.59. The monoisotopic (exact) mass is 541 g/mol. The Morgan fingerprint density at radius 3 is 2.32 bits per heavy atom. The number of piperidine rings is 2. The van der Waals surface area contributed by atoms with Gasteiger partial charge in [-0.1, -0.05) is 18.6 Å². The van der Waals surface area contributed by atoms with Gasteiger partial charge in [-0.15, -0.1) is 0 Å². The number of likely N-dealkylation sites (tertiary alicyclic amines) is 1. The van der Waals surface area contributed by atoms with Crippen LogP contribution in [0.4, 0.5) is 20.5 Å². The number of nitrogens with one attached hydrogen (secondary N) is 1. The Kier molecular flexibility index (Phi) is 7.90. The second kappa shape index (κ2) is 11.3. The molecule has 3 heterocycles. The highest BCUT2D eigenvalue weighted by molar-refractivity contribution is 7.90. The van der Waals surface area contributed by atoms with E-state index < -0.39 is 21.5 Å². The van der Waals surface area contributed by atoms with E-state index in [1.165, 1.54) is 50.7 Å². The van der Waals surface area contributed by atoms with Crippen LogP contribution in [0.5, 0.6) is 0 Å². The summed E-state index contributed by atoms with van der Waals surface area (Å²) in [4.78, 5) is 14.4. The van der Waals surface area contributed by atoms with Gasteiger partial charge in [-0.25, -0.2) is 22.2 Å². The topological polar surface area (TPSA) is 78.4 Å². The fraction of sp³-hybridized carbons (Fsp3) is 0.429. The van der Waals surface area contributed by atoms with Crippen molar-refractivity contribution in [2.24, 2.45) is 0 Å². The molecule has 0 saturated carbocycles. The molecule has 0 atom stereocenters. The van der Waals surface area contributed by atoms with Gasteiger partial charge >= 0.3 is 0 Å². The SMILES string of the molecule is CS(=O)(=O)c1ccc(CNc2nc(N3CCC(N4CCCCC4)CC3)ncc2-c2ccc(F)cc2F)cc1. The average molecular weight is 542 g/mol. The van der Waals surface area contributed by atoms with Gasteiger partial charge in [-0.2, -0.15) is 4.98 Å². The minimum Gasteiger partial charge on any atom is -0.365 e. The summed E-state index contributed by atoms with van der Waals surface area (Å²) in [7, 11) is -3.29. The molecule has 7 nitrogen and oxygen atoms in total. The van der Waals surface area contributed by atoms with E-state index in [1.54, 1.807) is 30.5 Å². The molecule has 2 saturated heterocycles. The number of hydrogen-bond donors (Lipinski definition) is 1. The lowest BCUT2D eigenvalue weighted by Crippen LogP contribution is -2.47. The zero-order chi connectivity index (χ0) is 26.7. The highest BCUT2D eigenvalue weighted by Crippen LogP contribution is 2.31. The first-order valence-corrected chi connectivity index (χ1v) is 15.0. The van der Waals surface area contributed by atoms with E-state index >= 15 is 0 Å². The van der Waals surface area contributed by atoms with Crippen molar-refractivity contribution in [2.75, 3.05) is 42.7 Å². The fourth-order valence-corrected chi connectivity index (χ4v) is 5.95. The van der Waals surface area contributed by atoms with Gasteiger partial charge in [0.2, 0.25) is 5.95 Å². The Bertz CT molecular complexity index is 1370. The fourth-order valence-electron chi connectivity index (χ4n) is 5.32. The number of halogens is 2. The summed E-state index contributed by atoms with van der Waals surface area (Å²) in [6.45, 7) is 4.39. The van der Waals surface area contributed by atoms with E-state index in [9.17, 15) is 17.2 Å². The van der Waals surface area contributed by atoms with Crippen molar-refractivity contribution in [1.82, 2.24) is 14.9 Å². The molecule has 0 spiro atoms. The summed E-state index contributed by atoms with van der Waals surface area (Å²) in [5.74, 6) is -0.334. The number of nitrogens with zero attached hydrogens (tertiary/aromatic N) is 4. The van der Waals surface area contributed by atoms with E-state index in [2.05, 4.69) is 20.1 Å². The zero-order valence-electron chi connectivity index (χ0n) is 21.5. The van der Waals surface area contributed by atoms with Gasteiger partial charge in [0.25, 0.3) is 0 Å². The Labute approximate surface area is 222 Å². The first-order chi connectivity index (χ1) is 18.3. The third-order valence-electron chi connectivity index (χ3n) is 7.46.